The molecule has 0 saturated heterocycles. The molecule has 0 radical (unpaired) electrons. The third-order valence-corrected chi connectivity index (χ3v) is 2.40. The Morgan fingerprint density at radius 2 is 1.88 bits per heavy atom. The quantitative estimate of drug-likeness (QED) is 0.577. The second-order valence-corrected chi connectivity index (χ2v) is 3.94. The van der Waals surface area contributed by atoms with Crippen molar-refractivity contribution < 1.29 is 14.7 Å². The number of carbonyl (C=O) groups excluding carboxylic acids is 1. The number of carbonyl (C=O) groups is 2. The molecule has 5 heteroatoms. The van der Waals surface area contributed by atoms with Crippen molar-refractivity contribution in [2.45, 2.75) is 58.0 Å². The first-order valence-electron chi connectivity index (χ1n) is 5.81. The SMILES string of the molecule is CCCCC(NC(=O)[C@@H](N)CCC)C(=O)O. The van der Waals surface area contributed by atoms with Gasteiger partial charge in [0.15, 0.2) is 0 Å². The van der Waals surface area contributed by atoms with E-state index in [-0.39, 0.29) is 5.91 Å². The predicted molar refractivity (Wildman–Crippen MR) is 62.0 cm³/mol. The number of unbranched alkanes of at least 4 members (excludes halogenated alkanes) is 1. The lowest BCUT2D eigenvalue weighted by Crippen LogP contribution is -2.48. The third kappa shape index (κ3) is 5.70. The molecular formula is C11H22N2O3. The Labute approximate surface area is 96.4 Å². The fourth-order valence-electron chi connectivity index (χ4n) is 1.39. The number of aliphatic carboxylic acids is 1. The van der Waals surface area contributed by atoms with Gasteiger partial charge in [0.05, 0.1) is 6.04 Å². The predicted octanol–water partition coefficient (Wildman–Crippen LogP) is 0.873. The maximum absolute atomic E-state index is 11.5. The van der Waals surface area contributed by atoms with E-state index in [1.165, 1.54) is 0 Å². The van der Waals surface area contributed by atoms with Crippen molar-refractivity contribution in [3.63, 3.8) is 0 Å². The fraction of sp³-hybridized carbons (Fsp3) is 0.818. The van der Waals surface area contributed by atoms with Gasteiger partial charge in [-0.25, -0.2) is 4.79 Å². The van der Waals surface area contributed by atoms with Crippen LogP contribution in [0.15, 0.2) is 0 Å². The zero-order valence-corrected chi connectivity index (χ0v) is 10.0. The zero-order chi connectivity index (χ0) is 12.6. The summed E-state index contributed by atoms with van der Waals surface area (Å²) in [5.41, 5.74) is 5.60. The molecular weight excluding hydrogens is 208 g/mol. The number of hydrogen-bond acceptors (Lipinski definition) is 3. The molecule has 0 aromatic rings. The lowest BCUT2D eigenvalue weighted by atomic mass is 10.1. The zero-order valence-electron chi connectivity index (χ0n) is 10.0. The summed E-state index contributed by atoms with van der Waals surface area (Å²) in [6.45, 7) is 3.91. The monoisotopic (exact) mass is 230 g/mol. The van der Waals surface area contributed by atoms with Gasteiger partial charge in [-0.15, -0.1) is 0 Å². The summed E-state index contributed by atoms with van der Waals surface area (Å²) in [4.78, 5) is 22.4. The standard InChI is InChI=1S/C11H22N2O3/c1-3-5-7-9(11(15)16)13-10(14)8(12)6-4-2/h8-9H,3-7,12H2,1-2H3,(H,13,14)(H,15,16)/t8-,9?/m0/s1. The van der Waals surface area contributed by atoms with Crippen LogP contribution in [-0.4, -0.2) is 29.1 Å². The Bertz CT molecular complexity index is 231. The minimum absolute atomic E-state index is 0.370. The topological polar surface area (TPSA) is 92.4 Å². The van der Waals surface area contributed by atoms with Gasteiger partial charge in [-0.1, -0.05) is 33.1 Å². The van der Waals surface area contributed by atoms with Crippen molar-refractivity contribution in [3.05, 3.63) is 0 Å². The van der Waals surface area contributed by atoms with E-state index < -0.39 is 18.1 Å². The summed E-state index contributed by atoms with van der Waals surface area (Å²) in [5.74, 6) is -1.36. The van der Waals surface area contributed by atoms with Crippen LogP contribution in [0.5, 0.6) is 0 Å². The molecule has 0 aromatic carbocycles. The molecule has 0 rings (SSSR count). The number of carboxylic acids is 1. The van der Waals surface area contributed by atoms with Crippen molar-refractivity contribution in [2.75, 3.05) is 0 Å². The Kier molecular flexibility index (Phi) is 7.54. The first-order valence-corrected chi connectivity index (χ1v) is 5.81. The lowest BCUT2D eigenvalue weighted by Gasteiger charge is -2.17. The summed E-state index contributed by atoms with van der Waals surface area (Å²) in [5, 5.41) is 11.4. The molecule has 0 heterocycles. The number of rotatable bonds is 8. The van der Waals surface area contributed by atoms with Crippen molar-refractivity contribution in [1.82, 2.24) is 5.32 Å². The number of hydrogen-bond donors (Lipinski definition) is 3. The van der Waals surface area contributed by atoms with E-state index in [2.05, 4.69) is 5.32 Å². The van der Waals surface area contributed by atoms with E-state index in [1.807, 2.05) is 13.8 Å². The van der Waals surface area contributed by atoms with Crippen LogP contribution in [0.1, 0.15) is 46.0 Å². The average molecular weight is 230 g/mol. The van der Waals surface area contributed by atoms with Crippen LogP contribution in [0, 0.1) is 0 Å². The van der Waals surface area contributed by atoms with Crippen molar-refractivity contribution in [3.8, 4) is 0 Å². The summed E-state index contributed by atoms with van der Waals surface area (Å²) in [6, 6.07) is -1.41. The molecule has 1 unspecified atom stereocenters. The van der Waals surface area contributed by atoms with E-state index in [4.69, 9.17) is 10.8 Å². The first-order chi connectivity index (χ1) is 7.52. The second kappa shape index (κ2) is 8.10. The van der Waals surface area contributed by atoms with Crippen LogP contribution in [0.25, 0.3) is 0 Å². The van der Waals surface area contributed by atoms with Crippen molar-refractivity contribution in [1.29, 1.82) is 0 Å². The van der Waals surface area contributed by atoms with E-state index in [9.17, 15) is 9.59 Å². The highest BCUT2D eigenvalue weighted by molar-refractivity contribution is 5.86. The smallest absolute Gasteiger partial charge is 0.326 e. The van der Waals surface area contributed by atoms with Crippen LogP contribution < -0.4 is 11.1 Å². The Hall–Kier alpha value is -1.10. The van der Waals surface area contributed by atoms with Crippen LogP contribution in [-0.2, 0) is 9.59 Å². The maximum atomic E-state index is 11.5. The van der Waals surface area contributed by atoms with Crippen molar-refractivity contribution >= 4 is 11.9 Å². The summed E-state index contributed by atoms with van der Waals surface area (Å²) in [7, 11) is 0. The summed E-state index contributed by atoms with van der Waals surface area (Å²) >= 11 is 0. The summed E-state index contributed by atoms with van der Waals surface area (Å²) in [6.07, 6.45) is 3.52. The summed E-state index contributed by atoms with van der Waals surface area (Å²) < 4.78 is 0. The molecule has 0 aliphatic heterocycles. The van der Waals surface area contributed by atoms with Crippen molar-refractivity contribution in [2.24, 2.45) is 5.73 Å². The highest BCUT2D eigenvalue weighted by Crippen LogP contribution is 2.02. The third-order valence-electron chi connectivity index (χ3n) is 2.40. The molecule has 0 fully saturated rings. The minimum atomic E-state index is -0.995. The van der Waals surface area contributed by atoms with Crippen LogP contribution in [0.3, 0.4) is 0 Å². The number of nitrogens with one attached hydrogen (secondary N) is 1. The highest BCUT2D eigenvalue weighted by Gasteiger charge is 2.21. The lowest BCUT2D eigenvalue weighted by molar-refractivity contribution is -0.142. The van der Waals surface area contributed by atoms with Crippen LogP contribution in [0.4, 0.5) is 0 Å². The largest absolute Gasteiger partial charge is 0.480 e. The van der Waals surface area contributed by atoms with Gasteiger partial charge in [-0.3, -0.25) is 4.79 Å². The van der Waals surface area contributed by atoms with Crippen LogP contribution in [0.2, 0.25) is 0 Å². The van der Waals surface area contributed by atoms with Gasteiger partial charge >= 0.3 is 5.97 Å². The molecule has 0 aliphatic carbocycles. The van der Waals surface area contributed by atoms with Gasteiger partial charge < -0.3 is 16.2 Å². The van der Waals surface area contributed by atoms with E-state index in [0.717, 1.165) is 19.3 Å². The first kappa shape index (κ1) is 14.9. The average Bonchev–Trinajstić information content (AvgIpc) is 2.23. The highest BCUT2D eigenvalue weighted by atomic mass is 16.4. The van der Waals surface area contributed by atoms with Gasteiger partial charge in [0.25, 0.3) is 0 Å². The Morgan fingerprint density at radius 1 is 1.25 bits per heavy atom. The molecule has 0 bridgehead atoms. The van der Waals surface area contributed by atoms with Gasteiger partial charge in [-0.05, 0) is 12.8 Å². The molecule has 5 nitrogen and oxygen atoms in total. The Balaban J connectivity index is 4.17. The number of amides is 1. The van der Waals surface area contributed by atoms with E-state index in [0.29, 0.717) is 12.8 Å². The van der Waals surface area contributed by atoms with Gasteiger partial charge in [0.1, 0.15) is 6.04 Å². The molecule has 2 atom stereocenters. The molecule has 0 aromatic heterocycles. The molecule has 0 aliphatic rings. The Morgan fingerprint density at radius 3 is 2.31 bits per heavy atom. The molecule has 4 N–H and O–H groups in total. The molecule has 0 spiro atoms. The van der Waals surface area contributed by atoms with E-state index in [1.54, 1.807) is 0 Å². The van der Waals surface area contributed by atoms with Gasteiger partial charge in [0.2, 0.25) is 5.91 Å². The maximum Gasteiger partial charge on any atom is 0.326 e. The molecule has 1 amide bonds. The fourth-order valence-corrected chi connectivity index (χ4v) is 1.39. The number of nitrogens with two attached hydrogens (primary N) is 1. The van der Waals surface area contributed by atoms with E-state index >= 15 is 0 Å². The van der Waals surface area contributed by atoms with Gasteiger partial charge in [-0.2, -0.15) is 0 Å². The normalized spacial score (nSPS) is 14.2. The minimum Gasteiger partial charge on any atom is -0.480 e. The molecule has 94 valence electrons. The van der Waals surface area contributed by atoms with Gasteiger partial charge in [0, 0.05) is 0 Å². The molecule has 0 saturated carbocycles. The number of carboxylic acid groups (broad SMARTS) is 1. The molecule has 16 heavy (non-hydrogen) atoms. The van der Waals surface area contributed by atoms with Crippen LogP contribution >= 0.6 is 0 Å². The second-order valence-electron chi connectivity index (χ2n) is 3.94.